The number of amides is 2. The zero-order chi connectivity index (χ0) is 20.1. The number of aromatic nitrogens is 2. The summed E-state index contributed by atoms with van der Waals surface area (Å²) in [6, 6.07) is 8.58. The van der Waals surface area contributed by atoms with Gasteiger partial charge in [0.2, 0.25) is 11.8 Å². The molecule has 0 bridgehead atoms. The van der Waals surface area contributed by atoms with Crippen molar-refractivity contribution in [2.45, 2.75) is 26.3 Å². The van der Waals surface area contributed by atoms with Gasteiger partial charge in [0, 0.05) is 29.9 Å². The van der Waals surface area contributed by atoms with Crippen molar-refractivity contribution < 1.29 is 9.59 Å². The van der Waals surface area contributed by atoms with Crippen LogP contribution in [-0.2, 0) is 9.59 Å². The van der Waals surface area contributed by atoms with Crippen molar-refractivity contribution in [3.63, 3.8) is 0 Å². The standard InChI is InChI=1S/C20H21ClN4O2S/c1-3-11-24(14(2)19(27)22-15-7-5-4-6-8-15)17(26)10-9-16-18(21)23-20-25(16)12-13-28-20/h4-10,12-14H,3,11H2,1-2H3,(H,22,27)/b10-9+. The zero-order valence-electron chi connectivity index (χ0n) is 15.6. The van der Waals surface area contributed by atoms with Crippen molar-refractivity contribution in [3.8, 4) is 0 Å². The van der Waals surface area contributed by atoms with Crippen LogP contribution in [0.2, 0.25) is 5.15 Å². The maximum atomic E-state index is 12.8. The molecule has 1 atom stereocenters. The van der Waals surface area contributed by atoms with E-state index in [2.05, 4.69) is 10.3 Å². The number of benzene rings is 1. The van der Waals surface area contributed by atoms with Gasteiger partial charge in [-0.2, -0.15) is 0 Å². The van der Waals surface area contributed by atoms with Gasteiger partial charge >= 0.3 is 0 Å². The van der Waals surface area contributed by atoms with E-state index in [0.717, 1.165) is 11.4 Å². The highest BCUT2D eigenvalue weighted by Crippen LogP contribution is 2.22. The molecule has 2 amide bonds. The largest absolute Gasteiger partial charge is 0.327 e. The van der Waals surface area contributed by atoms with Gasteiger partial charge in [-0.1, -0.05) is 36.7 Å². The number of nitrogens with one attached hydrogen (secondary N) is 1. The van der Waals surface area contributed by atoms with Crippen LogP contribution in [0.15, 0.2) is 48.0 Å². The Morgan fingerprint density at radius 2 is 2.11 bits per heavy atom. The van der Waals surface area contributed by atoms with Crippen molar-refractivity contribution in [1.29, 1.82) is 0 Å². The molecule has 1 aromatic carbocycles. The summed E-state index contributed by atoms with van der Waals surface area (Å²) in [6.45, 7) is 4.16. The van der Waals surface area contributed by atoms with Gasteiger partial charge in [-0.05, 0) is 31.6 Å². The minimum atomic E-state index is -0.612. The Kier molecular flexibility index (Phi) is 6.49. The lowest BCUT2D eigenvalue weighted by atomic mass is 10.2. The molecule has 3 aromatic rings. The molecular formula is C20H21ClN4O2S. The Labute approximate surface area is 172 Å². The third-order valence-electron chi connectivity index (χ3n) is 4.27. The van der Waals surface area contributed by atoms with Gasteiger partial charge in [-0.15, -0.1) is 11.3 Å². The molecule has 0 saturated carbocycles. The summed E-state index contributed by atoms with van der Waals surface area (Å²) in [4.78, 5) is 32.0. The molecule has 0 aliphatic rings. The van der Waals surface area contributed by atoms with E-state index >= 15 is 0 Å². The van der Waals surface area contributed by atoms with E-state index in [1.54, 1.807) is 17.9 Å². The summed E-state index contributed by atoms with van der Waals surface area (Å²) in [5, 5.41) is 5.08. The van der Waals surface area contributed by atoms with Gasteiger partial charge in [-0.3, -0.25) is 14.0 Å². The number of nitrogens with zero attached hydrogens (tertiary/aromatic N) is 3. The van der Waals surface area contributed by atoms with Crippen LogP contribution in [0.5, 0.6) is 0 Å². The fourth-order valence-corrected chi connectivity index (χ4v) is 3.82. The first-order valence-corrected chi connectivity index (χ1v) is 10.2. The molecule has 2 aromatic heterocycles. The molecule has 1 N–H and O–H groups in total. The molecular weight excluding hydrogens is 396 g/mol. The number of rotatable bonds is 7. The highest BCUT2D eigenvalue weighted by molar-refractivity contribution is 7.15. The third kappa shape index (κ3) is 4.43. The summed E-state index contributed by atoms with van der Waals surface area (Å²) in [5.74, 6) is -0.484. The molecule has 0 aliphatic heterocycles. The van der Waals surface area contributed by atoms with E-state index in [9.17, 15) is 9.59 Å². The van der Waals surface area contributed by atoms with Crippen LogP contribution in [0.3, 0.4) is 0 Å². The second kappa shape index (κ2) is 9.03. The molecule has 0 spiro atoms. The lowest BCUT2D eigenvalue weighted by Crippen LogP contribution is -2.45. The molecule has 0 fully saturated rings. The first kappa shape index (κ1) is 20.1. The van der Waals surface area contributed by atoms with E-state index in [4.69, 9.17) is 11.6 Å². The predicted molar refractivity (Wildman–Crippen MR) is 114 cm³/mol. The number of carbonyl (C=O) groups is 2. The van der Waals surface area contributed by atoms with Crippen LogP contribution in [0.25, 0.3) is 11.0 Å². The average molecular weight is 417 g/mol. The van der Waals surface area contributed by atoms with Crippen LogP contribution in [0.4, 0.5) is 5.69 Å². The number of carbonyl (C=O) groups excluding carboxylic acids is 2. The van der Waals surface area contributed by atoms with Gasteiger partial charge in [-0.25, -0.2) is 4.98 Å². The lowest BCUT2D eigenvalue weighted by molar-refractivity contribution is -0.134. The van der Waals surface area contributed by atoms with Crippen LogP contribution in [0.1, 0.15) is 26.0 Å². The second-order valence-electron chi connectivity index (χ2n) is 6.24. The quantitative estimate of drug-likeness (QED) is 0.583. The number of para-hydroxylation sites is 1. The molecule has 28 heavy (non-hydrogen) atoms. The first-order chi connectivity index (χ1) is 13.5. The fraction of sp³-hybridized carbons (Fsp3) is 0.250. The summed E-state index contributed by atoms with van der Waals surface area (Å²) < 4.78 is 1.83. The third-order valence-corrected chi connectivity index (χ3v) is 5.31. The molecule has 0 aliphatic carbocycles. The first-order valence-electron chi connectivity index (χ1n) is 8.97. The molecule has 8 heteroatoms. The van der Waals surface area contributed by atoms with Gasteiger partial charge in [0.25, 0.3) is 0 Å². The minimum Gasteiger partial charge on any atom is -0.327 e. The van der Waals surface area contributed by atoms with Gasteiger partial charge in [0.15, 0.2) is 10.1 Å². The van der Waals surface area contributed by atoms with Gasteiger partial charge in [0.05, 0.1) is 5.69 Å². The maximum Gasteiger partial charge on any atom is 0.247 e. The topological polar surface area (TPSA) is 66.7 Å². The van der Waals surface area contributed by atoms with E-state index in [-0.39, 0.29) is 11.8 Å². The lowest BCUT2D eigenvalue weighted by Gasteiger charge is -2.27. The molecule has 0 saturated heterocycles. The van der Waals surface area contributed by atoms with Gasteiger partial charge < -0.3 is 10.2 Å². The summed E-state index contributed by atoms with van der Waals surface area (Å²) in [5.41, 5.74) is 1.34. The van der Waals surface area contributed by atoms with Crippen LogP contribution in [0, 0.1) is 0 Å². The molecule has 146 valence electrons. The Morgan fingerprint density at radius 3 is 2.82 bits per heavy atom. The van der Waals surface area contributed by atoms with Crippen molar-refractivity contribution in [1.82, 2.24) is 14.3 Å². The van der Waals surface area contributed by atoms with E-state index < -0.39 is 6.04 Å². The van der Waals surface area contributed by atoms with Crippen LogP contribution >= 0.6 is 22.9 Å². The molecule has 2 heterocycles. The Hall–Kier alpha value is -2.64. The molecule has 1 unspecified atom stereocenters. The van der Waals surface area contributed by atoms with E-state index in [1.807, 2.05) is 53.2 Å². The van der Waals surface area contributed by atoms with E-state index in [1.165, 1.54) is 17.4 Å². The minimum absolute atomic E-state index is 0.232. The number of imidazole rings is 1. The summed E-state index contributed by atoms with van der Waals surface area (Å²) >= 11 is 7.64. The number of anilines is 1. The summed E-state index contributed by atoms with van der Waals surface area (Å²) in [7, 11) is 0. The fourth-order valence-electron chi connectivity index (χ4n) is 2.82. The molecule has 0 radical (unpaired) electrons. The average Bonchev–Trinajstić information content (AvgIpc) is 3.25. The highest BCUT2D eigenvalue weighted by Gasteiger charge is 2.24. The van der Waals surface area contributed by atoms with Gasteiger partial charge in [0.1, 0.15) is 6.04 Å². The smallest absolute Gasteiger partial charge is 0.247 e. The summed E-state index contributed by atoms with van der Waals surface area (Å²) in [6.07, 6.45) is 5.67. The number of thiazole rings is 1. The monoisotopic (exact) mass is 416 g/mol. The normalized spacial score (nSPS) is 12.4. The number of hydrogen-bond acceptors (Lipinski definition) is 4. The van der Waals surface area contributed by atoms with Crippen molar-refractivity contribution >= 4 is 51.5 Å². The van der Waals surface area contributed by atoms with Crippen molar-refractivity contribution in [3.05, 3.63) is 58.8 Å². The Balaban J connectivity index is 1.75. The van der Waals surface area contributed by atoms with Crippen LogP contribution < -0.4 is 5.32 Å². The number of halogens is 1. The second-order valence-corrected chi connectivity index (χ2v) is 7.47. The maximum absolute atomic E-state index is 12.8. The SMILES string of the molecule is CCCN(C(=O)/C=C/c1c(Cl)nc2sccn12)C(C)C(=O)Nc1ccccc1. The highest BCUT2D eigenvalue weighted by atomic mass is 35.5. The Morgan fingerprint density at radius 1 is 1.36 bits per heavy atom. The number of fused-ring (bicyclic) bond motifs is 1. The predicted octanol–water partition coefficient (Wildman–Crippen LogP) is 4.33. The zero-order valence-corrected chi connectivity index (χ0v) is 17.2. The van der Waals surface area contributed by atoms with Crippen molar-refractivity contribution in [2.24, 2.45) is 0 Å². The Bertz CT molecular complexity index is 996. The number of hydrogen-bond donors (Lipinski definition) is 1. The molecule has 6 nitrogen and oxygen atoms in total. The molecule has 3 rings (SSSR count). The van der Waals surface area contributed by atoms with Crippen molar-refractivity contribution in [2.75, 3.05) is 11.9 Å². The van der Waals surface area contributed by atoms with E-state index in [0.29, 0.717) is 23.1 Å². The van der Waals surface area contributed by atoms with Crippen LogP contribution in [-0.4, -0.2) is 38.7 Å².